The minimum absolute atomic E-state index is 0.000129. The highest BCUT2D eigenvalue weighted by molar-refractivity contribution is 5.02. The Kier molecular flexibility index (Phi) is 5.91. The minimum atomic E-state index is 0.000129. The Morgan fingerprint density at radius 1 is 1.41 bits per heavy atom. The van der Waals surface area contributed by atoms with Crippen molar-refractivity contribution in [2.24, 2.45) is 5.92 Å². The summed E-state index contributed by atoms with van der Waals surface area (Å²) in [6.07, 6.45) is 3.80. The first-order valence-electron chi connectivity index (χ1n) is 6.34. The van der Waals surface area contributed by atoms with Crippen molar-refractivity contribution < 1.29 is 0 Å². The van der Waals surface area contributed by atoms with Gasteiger partial charge < -0.3 is 5.32 Å². The Balaban J connectivity index is 2.20. The smallest absolute Gasteiger partial charge is 0.266 e. The summed E-state index contributed by atoms with van der Waals surface area (Å²) in [6.45, 7) is 9.06. The van der Waals surface area contributed by atoms with Crippen LogP contribution in [0.25, 0.3) is 0 Å². The van der Waals surface area contributed by atoms with E-state index in [1.54, 1.807) is 12.3 Å². The summed E-state index contributed by atoms with van der Waals surface area (Å²) < 4.78 is 1.54. The molecular formula is C13H23N3O. The minimum Gasteiger partial charge on any atom is -0.316 e. The first-order chi connectivity index (χ1) is 8.09. The Bertz CT molecular complexity index is 384. The van der Waals surface area contributed by atoms with E-state index >= 15 is 0 Å². The van der Waals surface area contributed by atoms with Gasteiger partial charge in [0.05, 0.1) is 6.20 Å². The molecule has 1 aromatic rings. The van der Waals surface area contributed by atoms with E-state index in [0.717, 1.165) is 31.5 Å². The van der Waals surface area contributed by atoms with Crippen LogP contribution in [0, 0.1) is 12.8 Å². The number of nitrogens with zero attached hydrogens (tertiary/aromatic N) is 2. The summed E-state index contributed by atoms with van der Waals surface area (Å²) in [6, 6.07) is 1.63. The molecule has 1 N–H and O–H groups in total. The number of rotatable bonds is 7. The zero-order valence-corrected chi connectivity index (χ0v) is 11.1. The molecule has 0 fully saturated rings. The number of aromatic nitrogens is 2. The molecule has 0 atom stereocenters. The van der Waals surface area contributed by atoms with E-state index in [-0.39, 0.29) is 5.56 Å². The van der Waals surface area contributed by atoms with Crippen molar-refractivity contribution in [2.45, 2.75) is 40.2 Å². The summed E-state index contributed by atoms with van der Waals surface area (Å²) in [5, 5.41) is 7.49. The number of hydrogen-bond donors (Lipinski definition) is 1. The average Bonchev–Trinajstić information content (AvgIpc) is 2.25. The second-order valence-corrected chi connectivity index (χ2v) is 4.90. The van der Waals surface area contributed by atoms with Crippen LogP contribution in [0.3, 0.4) is 0 Å². The molecule has 0 bridgehead atoms. The van der Waals surface area contributed by atoms with Crippen LogP contribution >= 0.6 is 0 Å². The third-order valence-electron chi connectivity index (χ3n) is 2.53. The van der Waals surface area contributed by atoms with Gasteiger partial charge in [0.25, 0.3) is 5.56 Å². The second kappa shape index (κ2) is 7.22. The lowest BCUT2D eigenvalue weighted by atomic mass is 10.2. The molecule has 0 saturated carbocycles. The van der Waals surface area contributed by atoms with Gasteiger partial charge in [0.2, 0.25) is 0 Å². The molecule has 0 aliphatic carbocycles. The molecule has 0 aliphatic rings. The molecule has 1 rings (SSSR count). The fourth-order valence-electron chi connectivity index (χ4n) is 1.59. The van der Waals surface area contributed by atoms with E-state index in [0.29, 0.717) is 12.5 Å². The zero-order chi connectivity index (χ0) is 12.7. The maximum absolute atomic E-state index is 11.5. The average molecular weight is 237 g/mol. The Morgan fingerprint density at radius 3 is 2.82 bits per heavy atom. The van der Waals surface area contributed by atoms with Gasteiger partial charge in [-0.25, -0.2) is 4.68 Å². The molecule has 96 valence electrons. The first-order valence-corrected chi connectivity index (χ1v) is 6.34. The van der Waals surface area contributed by atoms with Crippen LogP contribution in [0.2, 0.25) is 0 Å². The Morgan fingerprint density at radius 2 is 2.18 bits per heavy atom. The van der Waals surface area contributed by atoms with Gasteiger partial charge in [-0.3, -0.25) is 4.79 Å². The van der Waals surface area contributed by atoms with Crippen LogP contribution in [0.1, 0.15) is 32.3 Å². The fourth-order valence-corrected chi connectivity index (χ4v) is 1.59. The summed E-state index contributed by atoms with van der Waals surface area (Å²) >= 11 is 0. The highest BCUT2D eigenvalue weighted by Gasteiger charge is 1.97. The molecule has 0 unspecified atom stereocenters. The van der Waals surface area contributed by atoms with E-state index < -0.39 is 0 Å². The first kappa shape index (κ1) is 13.9. The number of unbranched alkanes of at least 4 members (excludes halogenated alkanes) is 1. The maximum Gasteiger partial charge on any atom is 0.266 e. The standard InChI is InChI=1S/C13H23N3O/c1-11(2)9-14-6-4-5-7-16-13(17)8-12(3)10-15-16/h8,10-11,14H,4-7,9H2,1-3H3. The van der Waals surface area contributed by atoms with Crippen molar-refractivity contribution in [3.8, 4) is 0 Å². The predicted molar refractivity (Wildman–Crippen MR) is 70.2 cm³/mol. The van der Waals surface area contributed by atoms with Crippen LogP contribution < -0.4 is 10.9 Å². The van der Waals surface area contributed by atoms with Gasteiger partial charge >= 0.3 is 0 Å². The van der Waals surface area contributed by atoms with Gasteiger partial charge in [-0.2, -0.15) is 5.10 Å². The van der Waals surface area contributed by atoms with Gasteiger partial charge in [-0.05, 0) is 44.3 Å². The SMILES string of the molecule is Cc1cnn(CCCCNCC(C)C)c(=O)c1. The van der Waals surface area contributed by atoms with Gasteiger partial charge in [-0.1, -0.05) is 13.8 Å². The predicted octanol–water partition coefficient (Wildman–Crippen LogP) is 1.58. The monoisotopic (exact) mass is 237 g/mol. The Hall–Kier alpha value is -1.16. The number of hydrogen-bond acceptors (Lipinski definition) is 3. The highest BCUT2D eigenvalue weighted by atomic mass is 16.1. The number of nitrogens with one attached hydrogen (secondary N) is 1. The van der Waals surface area contributed by atoms with E-state index in [4.69, 9.17) is 0 Å². The van der Waals surface area contributed by atoms with Crippen molar-refractivity contribution in [3.63, 3.8) is 0 Å². The van der Waals surface area contributed by atoms with Crippen molar-refractivity contribution in [3.05, 3.63) is 28.2 Å². The van der Waals surface area contributed by atoms with Gasteiger partial charge in [0.1, 0.15) is 0 Å². The van der Waals surface area contributed by atoms with Crippen LogP contribution in [-0.2, 0) is 6.54 Å². The van der Waals surface area contributed by atoms with E-state index in [1.165, 1.54) is 4.68 Å². The van der Waals surface area contributed by atoms with Crippen molar-refractivity contribution >= 4 is 0 Å². The summed E-state index contributed by atoms with van der Waals surface area (Å²) in [5.41, 5.74) is 0.921. The van der Waals surface area contributed by atoms with Crippen molar-refractivity contribution in [1.29, 1.82) is 0 Å². The molecule has 1 aromatic heterocycles. The highest BCUT2D eigenvalue weighted by Crippen LogP contribution is 1.93. The Labute approximate surface area is 103 Å². The lowest BCUT2D eigenvalue weighted by Crippen LogP contribution is -2.24. The lowest BCUT2D eigenvalue weighted by molar-refractivity contribution is 0.495. The van der Waals surface area contributed by atoms with Crippen molar-refractivity contribution in [2.75, 3.05) is 13.1 Å². The summed E-state index contributed by atoms with van der Waals surface area (Å²) in [5.74, 6) is 0.691. The topological polar surface area (TPSA) is 46.9 Å². The zero-order valence-electron chi connectivity index (χ0n) is 11.1. The van der Waals surface area contributed by atoms with Gasteiger partial charge in [0, 0.05) is 12.6 Å². The largest absolute Gasteiger partial charge is 0.316 e. The van der Waals surface area contributed by atoms with E-state index in [9.17, 15) is 4.79 Å². The van der Waals surface area contributed by atoms with E-state index in [1.807, 2.05) is 6.92 Å². The van der Waals surface area contributed by atoms with Crippen LogP contribution in [0.15, 0.2) is 17.1 Å². The quantitative estimate of drug-likeness (QED) is 0.732. The molecule has 0 aromatic carbocycles. The molecule has 0 radical (unpaired) electrons. The lowest BCUT2D eigenvalue weighted by Gasteiger charge is -2.07. The van der Waals surface area contributed by atoms with Gasteiger partial charge in [-0.15, -0.1) is 0 Å². The van der Waals surface area contributed by atoms with Crippen molar-refractivity contribution in [1.82, 2.24) is 15.1 Å². The third-order valence-corrected chi connectivity index (χ3v) is 2.53. The molecular weight excluding hydrogens is 214 g/mol. The van der Waals surface area contributed by atoms with E-state index in [2.05, 4.69) is 24.3 Å². The normalized spacial score (nSPS) is 11.1. The van der Waals surface area contributed by atoms with Crippen LogP contribution in [0.5, 0.6) is 0 Å². The van der Waals surface area contributed by atoms with Crippen LogP contribution in [-0.4, -0.2) is 22.9 Å². The maximum atomic E-state index is 11.5. The molecule has 0 saturated heterocycles. The molecule has 17 heavy (non-hydrogen) atoms. The summed E-state index contributed by atoms with van der Waals surface area (Å²) in [7, 11) is 0. The summed E-state index contributed by atoms with van der Waals surface area (Å²) in [4.78, 5) is 11.5. The molecule has 0 amide bonds. The molecule has 4 nitrogen and oxygen atoms in total. The molecule has 1 heterocycles. The second-order valence-electron chi connectivity index (χ2n) is 4.90. The van der Waals surface area contributed by atoms with Gasteiger partial charge in [0.15, 0.2) is 0 Å². The molecule has 4 heteroatoms. The number of aryl methyl sites for hydroxylation is 2. The third kappa shape index (κ3) is 5.63. The molecule has 0 aliphatic heterocycles. The molecule has 0 spiro atoms. The van der Waals surface area contributed by atoms with Crippen LogP contribution in [0.4, 0.5) is 0 Å². The fraction of sp³-hybridized carbons (Fsp3) is 0.692.